The van der Waals surface area contributed by atoms with Crippen LogP contribution in [-0.4, -0.2) is 68.7 Å². The largest absolute Gasteiger partial charge is 0.356 e. The molecular formula is C18H30FIN6. The molecule has 2 aliphatic heterocycles. The van der Waals surface area contributed by atoms with Crippen LogP contribution in [0.5, 0.6) is 0 Å². The van der Waals surface area contributed by atoms with E-state index in [-0.39, 0.29) is 35.8 Å². The molecule has 8 heteroatoms. The number of hydrogen-bond acceptors (Lipinski definition) is 4. The van der Waals surface area contributed by atoms with E-state index in [0.29, 0.717) is 11.7 Å². The number of likely N-dealkylation sites (tertiary alicyclic amines) is 1. The zero-order chi connectivity index (χ0) is 17.6. The Hall–Kier alpha value is -1.16. The summed E-state index contributed by atoms with van der Waals surface area (Å²) in [4.78, 5) is 12.9. The first-order chi connectivity index (χ1) is 12.2. The van der Waals surface area contributed by atoms with Gasteiger partial charge in [0.25, 0.3) is 0 Å². The summed E-state index contributed by atoms with van der Waals surface area (Å²) in [7, 11) is 3.98. The van der Waals surface area contributed by atoms with Gasteiger partial charge in [-0.25, -0.2) is 9.37 Å². The van der Waals surface area contributed by atoms with Crippen molar-refractivity contribution >= 4 is 35.8 Å². The Morgan fingerprint density at radius 1 is 1.35 bits per heavy atom. The van der Waals surface area contributed by atoms with Crippen molar-refractivity contribution in [1.29, 1.82) is 0 Å². The monoisotopic (exact) mass is 476 g/mol. The predicted octanol–water partition coefficient (Wildman–Crippen LogP) is 1.92. The smallest absolute Gasteiger partial charge is 0.191 e. The highest BCUT2D eigenvalue weighted by molar-refractivity contribution is 14.0. The van der Waals surface area contributed by atoms with E-state index in [1.54, 1.807) is 19.3 Å². The van der Waals surface area contributed by atoms with Gasteiger partial charge >= 0.3 is 0 Å². The molecule has 146 valence electrons. The lowest BCUT2D eigenvalue weighted by Crippen LogP contribution is -2.47. The molecule has 2 unspecified atom stereocenters. The van der Waals surface area contributed by atoms with Gasteiger partial charge in [-0.1, -0.05) is 0 Å². The van der Waals surface area contributed by atoms with E-state index in [4.69, 9.17) is 0 Å². The summed E-state index contributed by atoms with van der Waals surface area (Å²) in [5.41, 5.74) is 0. The lowest BCUT2D eigenvalue weighted by Gasteiger charge is -2.30. The highest BCUT2D eigenvalue weighted by atomic mass is 127. The maximum Gasteiger partial charge on any atom is 0.191 e. The molecule has 0 aliphatic carbocycles. The van der Waals surface area contributed by atoms with Crippen molar-refractivity contribution in [3.8, 4) is 0 Å². The highest BCUT2D eigenvalue weighted by Gasteiger charge is 2.26. The number of halogens is 2. The summed E-state index contributed by atoms with van der Waals surface area (Å²) in [6.07, 6.45) is 5.12. The molecule has 1 aromatic rings. The third kappa shape index (κ3) is 5.67. The lowest BCUT2D eigenvalue weighted by atomic mass is 9.99. The molecule has 2 fully saturated rings. The molecule has 26 heavy (non-hydrogen) atoms. The van der Waals surface area contributed by atoms with Crippen LogP contribution in [0.15, 0.2) is 23.3 Å². The van der Waals surface area contributed by atoms with Gasteiger partial charge in [-0.2, -0.15) is 0 Å². The van der Waals surface area contributed by atoms with Crippen LogP contribution in [0.4, 0.5) is 10.2 Å². The Balaban J connectivity index is 0.00000243. The number of pyridine rings is 1. The first-order valence-electron chi connectivity index (χ1n) is 9.17. The zero-order valence-corrected chi connectivity index (χ0v) is 17.9. The minimum Gasteiger partial charge on any atom is -0.356 e. The number of aliphatic imine (C=N–C) groups is 1. The topological polar surface area (TPSA) is 55.8 Å². The Labute approximate surface area is 172 Å². The summed E-state index contributed by atoms with van der Waals surface area (Å²) in [5.74, 6) is 1.69. The molecule has 3 heterocycles. The van der Waals surface area contributed by atoms with Gasteiger partial charge in [-0.3, -0.25) is 4.99 Å². The summed E-state index contributed by atoms with van der Waals surface area (Å²) in [6.45, 7) is 4.82. The average Bonchev–Trinajstić information content (AvgIpc) is 3.07. The number of rotatable bonds is 4. The van der Waals surface area contributed by atoms with Crippen molar-refractivity contribution in [1.82, 2.24) is 20.5 Å². The Morgan fingerprint density at radius 2 is 2.19 bits per heavy atom. The van der Waals surface area contributed by atoms with E-state index in [2.05, 4.69) is 32.6 Å². The van der Waals surface area contributed by atoms with Gasteiger partial charge < -0.3 is 20.4 Å². The quantitative estimate of drug-likeness (QED) is 0.395. The van der Waals surface area contributed by atoms with Gasteiger partial charge in [-0.15, -0.1) is 24.0 Å². The van der Waals surface area contributed by atoms with Crippen LogP contribution in [-0.2, 0) is 0 Å². The molecule has 6 nitrogen and oxygen atoms in total. The van der Waals surface area contributed by atoms with E-state index in [0.717, 1.165) is 38.6 Å². The Bertz CT molecular complexity index is 599. The van der Waals surface area contributed by atoms with Gasteiger partial charge in [0.15, 0.2) is 17.6 Å². The summed E-state index contributed by atoms with van der Waals surface area (Å²) in [5, 5.41) is 6.93. The lowest BCUT2D eigenvalue weighted by molar-refractivity contribution is 0.210. The first-order valence-corrected chi connectivity index (χ1v) is 9.17. The van der Waals surface area contributed by atoms with Crippen LogP contribution < -0.4 is 15.5 Å². The van der Waals surface area contributed by atoms with Gasteiger partial charge in [0.05, 0.1) is 0 Å². The third-order valence-corrected chi connectivity index (χ3v) is 5.07. The number of anilines is 1. The number of hydrogen-bond donors (Lipinski definition) is 2. The minimum atomic E-state index is -0.257. The van der Waals surface area contributed by atoms with Crippen molar-refractivity contribution in [3.63, 3.8) is 0 Å². The van der Waals surface area contributed by atoms with Crippen molar-refractivity contribution in [2.24, 2.45) is 10.9 Å². The number of piperidine rings is 1. The number of nitrogens with one attached hydrogen (secondary N) is 2. The molecule has 2 aliphatic rings. The fourth-order valence-electron chi connectivity index (χ4n) is 3.75. The molecule has 0 spiro atoms. The van der Waals surface area contributed by atoms with E-state index < -0.39 is 0 Å². The van der Waals surface area contributed by atoms with Crippen LogP contribution >= 0.6 is 24.0 Å². The molecule has 0 aromatic carbocycles. The van der Waals surface area contributed by atoms with Gasteiger partial charge in [0.2, 0.25) is 0 Å². The van der Waals surface area contributed by atoms with Crippen molar-refractivity contribution in [3.05, 3.63) is 24.1 Å². The van der Waals surface area contributed by atoms with Crippen molar-refractivity contribution in [2.45, 2.75) is 25.3 Å². The molecule has 2 saturated heterocycles. The van der Waals surface area contributed by atoms with E-state index in [9.17, 15) is 4.39 Å². The highest BCUT2D eigenvalue weighted by Crippen LogP contribution is 2.20. The second-order valence-electron chi connectivity index (χ2n) is 7.11. The molecular weight excluding hydrogens is 446 g/mol. The van der Waals surface area contributed by atoms with Crippen molar-refractivity contribution in [2.75, 3.05) is 51.7 Å². The van der Waals surface area contributed by atoms with Crippen LogP contribution in [0.3, 0.4) is 0 Å². The molecule has 1 aromatic heterocycles. The number of nitrogens with zero attached hydrogens (tertiary/aromatic N) is 4. The van der Waals surface area contributed by atoms with Crippen LogP contribution in [0.2, 0.25) is 0 Å². The Morgan fingerprint density at radius 3 is 2.92 bits per heavy atom. The van der Waals surface area contributed by atoms with Crippen LogP contribution in [0, 0.1) is 11.7 Å². The van der Waals surface area contributed by atoms with Gasteiger partial charge in [-0.05, 0) is 50.9 Å². The zero-order valence-electron chi connectivity index (χ0n) is 15.6. The second-order valence-corrected chi connectivity index (χ2v) is 7.11. The predicted molar refractivity (Wildman–Crippen MR) is 115 cm³/mol. The fraction of sp³-hybridized carbons (Fsp3) is 0.667. The average molecular weight is 476 g/mol. The number of aromatic nitrogens is 1. The maximum absolute atomic E-state index is 13.9. The standard InChI is InChI=1S/C18H29FN6.HI/c1-20-18(22-11-14-5-4-9-24(2)12-14)23-15-7-10-25(13-15)17-16(19)6-3-8-21-17;/h3,6,8,14-15H,4-5,7,9-13H2,1-2H3,(H2,20,22,23);1H. The molecule has 2 atom stereocenters. The summed E-state index contributed by atoms with van der Waals surface area (Å²) < 4.78 is 13.9. The van der Waals surface area contributed by atoms with E-state index in [1.807, 2.05) is 4.90 Å². The fourth-order valence-corrected chi connectivity index (χ4v) is 3.75. The molecule has 0 saturated carbocycles. The third-order valence-electron chi connectivity index (χ3n) is 5.07. The summed E-state index contributed by atoms with van der Waals surface area (Å²) in [6, 6.07) is 3.34. The van der Waals surface area contributed by atoms with Crippen molar-refractivity contribution < 1.29 is 4.39 Å². The Kier molecular flexibility index (Phi) is 8.33. The van der Waals surface area contributed by atoms with Crippen LogP contribution in [0.1, 0.15) is 19.3 Å². The van der Waals surface area contributed by atoms with Gasteiger partial charge in [0.1, 0.15) is 0 Å². The van der Waals surface area contributed by atoms with Gasteiger partial charge in [0, 0.05) is 45.5 Å². The molecule has 0 bridgehead atoms. The van der Waals surface area contributed by atoms with Crippen LogP contribution in [0.25, 0.3) is 0 Å². The summed E-state index contributed by atoms with van der Waals surface area (Å²) >= 11 is 0. The molecule has 3 rings (SSSR count). The SMILES string of the molecule is CN=C(NCC1CCCN(C)C1)NC1CCN(c2ncccc2F)C1.I. The molecule has 2 N–H and O–H groups in total. The maximum atomic E-state index is 13.9. The van der Waals surface area contributed by atoms with E-state index in [1.165, 1.54) is 25.5 Å². The minimum absolute atomic E-state index is 0. The van der Waals surface area contributed by atoms with E-state index >= 15 is 0 Å². The number of guanidine groups is 1. The molecule has 0 amide bonds. The normalized spacial score (nSPS) is 24.3. The molecule has 0 radical (unpaired) electrons. The first kappa shape index (κ1) is 21.1. The second kappa shape index (κ2) is 10.2.